The van der Waals surface area contributed by atoms with Crippen molar-refractivity contribution in [3.8, 4) is 0 Å². The third kappa shape index (κ3) is 6.19. The molecule has 0 heterocycles. The summed E-state index contributed by atoms with van der Waals surface area (Å²) in [6, 6.07) is 0. The Morgan fingerprint density at radius 1 is 0.679 bits per heavy atom. The quantitative estimate of drug-likeness (QED) is 0.484. The second kappa shape index (κ2) is 8.01. The van der Waals surface area contributed by atoms with Gasteiger partial charge >= 0.3 is 17.9 Å². The van der Waals surface area contributed by atoms with Crippen molar-refractivity contribution >= 4 is 17.9 Å². The van der Waals surface area contributed by atoms with Gasteiger partial charge in [-0.3, -0.25) is 9.59 Å². The molecule has 0 aromatic heterocycles. The lowest BCUT2D eigenvalue weighted by Gasteiger charge is -2.50. The predicted molar refractivity (Wildman–Crippen MR) is 106 cm³/mol. The van der Waals surface area contributed by atoms with E-state index in [4.69, 9.17) is 0 Å². The third-order valence-corrected chi connectivity index (χ3v) is 4.75. The van der Waals surface area contributed by atoms with Crippen molar-refractivity contribution < 1.29 is 34.8 Å². The van der Waals surface area contributed by atoms with Crippen molar-refractivity contribution in [1.82, 2.24) is 0 Å². The molecule has 0 aliphatic rings. The smallest absolute Gasteiger partial charge is 0.337 e. The molecule has 4 N–H and O–H groups in total. The lowest BCUT2D eigenvalue weighted by Crippen LogP contribution is -2.66. The molecule has 0 bridgehead atoms. The maximum absolute atomic E-state index is 12.6. The van der Waals surface area contributed by atoms with Crippen LogP contribution in [0, 0.1) is 27.6 Å². The van der Waals surface area contributed by atoms with Gasteiger partial charge in [0, 0.05) is 0 Å². The van der Waals surface area contributed by atoms with E-state index in [9.17, 15) is 34.8 Å². The molecule has 0 radical (unpaired) electrons. The maximum atomic E-state index is 12.6. The van der Waals surface area contributed by atoms with E-state index in [2.05, 4.69) is 0 Å². The van der Waals surface area contributed by atoms with E-state index in [-0.39, 0.29) is 19.3 Å². The molecule has 164 valence electrons. The van der Waals surface area contributed by atoms with Crippen LogP contribution in [0.15, 0.2) is 0 Å². The monoisotopic (exact) mass is 402 g/mol. The lowest BCUT2D eigenvalue weighted by molar-refractivity contribution is -0.214. The van der Waals surface area contributed by atoms with Crippen LogP contribution in [0.5, 0.6) is 0 Å². The largest absolute Gasteiger partial charge is 0.481 e. The average molecular weight is 403 g/mol. The predicted octanol–water partition coefficient (Wildman–Crippen LogP) is 3.88. The fraction of sp³-hybridized carbons (Fsp3) is 0.857. The van der Waals surface area contributed by atoms with Crippen LogP contribution in [-0.4, -0.2) is 43.9 Å². The van der Waals surface area contributed by atoms with Gasteiger partial charge in [-0.05, 0) is 35.5 Å². The second-order valence-corrected chi connectivity index (χ2v) is 11.6. The Bertz CT molecular complexity index is 586. The first-order valence-electron chi connectivity index (χ1n) is 9.51. The van der Waals surface area contributed by atoms with Crippen molar-refractivity contribution in [3.05, 3.63) is 0 Å². The van der Waals surface area contributed by atoms with Gasteiger partial charge in [-0.15, -0.1) is 0 Å². The summed E-state index contributed by atoms with van der Waals surface area (Å²) in [6.45, 7) is 15.6. The van der Waals surface area contributed by atoms with E-state index in [0.717, 1.165) is 0 Å². The number of carbonyl (C=O) groups is 3. The summed E-state index contributed by atoms with van der Waals surface area (Å²) in [6.07, 6.45) is -0.568. The zero-order valence-corrected chi connectivity index (χ0v) is 18.7. The summed E-state index contributed by atoms with van der Waals surface area (Å²) in [5.41, 5.74) is -7.15. The Labute approximate surface area is 168 Å². The first kappa shape index (κ1) is 26.4. The van der Waals surface area contributed by atoms with Crippen molar-refractivity contribution in [3.63, 3.8) is 0 Å². The molecule has 0 fully saturated rings. The molecule has 0 saturated heterocycles. The molecular weight excluding hydrogens is 364 g/mol. The number of rotatable bonds is 8. The highest BCUT2D eigenvalue weighted by atomic mass is 16.4. The molecular formula is C21H38O7. The number of hydrogen-bond donors (Lipinski definition) is 4. The van der Waals surface area contributed by atoms with E-state index < -0.39 is 51.1 Å². The van der Waals surface area contributed by atoms with Gasteiger partial charge in [0.2, 0.25) is 0 Å². The van der Waals surface area contributed by atoms with E-state index in [1.165, 1.54) is 0 Å². The minimum absolute atomic E-state index is 0.186. The fourth-order valence-electron chi connectivity index (χ4n) is 4.17. The van der Waals surface area contributed by atoms with Gasteiger partial charge in [0.25, 0.3) is 0 Å². The van der Waals surface area contributed by atoms with Crippen LogP contribution in [0.1, 0.15) is 81.6 Å². The topological polar surface area (TPSA) is 132 Å². The van der Waals surface area contributed by atoms with Crippen molar-refractivity contribution in [1.29, 1.82) is 0 Å². The number of aliphatic hydroxyl groups is 1. The van der Waals surface area contributed by atoms with Crippen molar-refractivity contribution in [2.24, 2.45) is 27.6 Å². The maximum Gasteiger partial charge on any atom is 0.337 e. The zero-order chi connectivity index (χ0) is 22.9. The van der Waals surface area contributed by atoms with Crippen LogP contribution < -0.4 is 0 Å². The Balaban J connectivity index is 7.11. The molecule has 0 rings (SSSR count). The van der Waals surface area contributed by atoms with Crippen LogP contribution in [-0.2, 0) is 14.4 Å². The number of carboxylic acids is 3. The fourth-order valence-corrected chi connectivity index (χ4v) is 4.17. The SMILES string of the molecule is CC(C)(C)CC(C(=O)O)C(O)(C(=O)O)C(CC(C)(C)C)(CC(C)(C)C)C(=O)O. The van der Waals surface area contributed by atoms with Crippen LogP contribution in [0.4, 0.5) is 0 Å². The molecule has 0 amide bonds. The summed E-state index contributed by atoms with van der Waals surface area (Å²) < 4.78 is 0. The molecule has 7 heteroatoms. The van der Waals surface area contributed by atoms with Gasteiger partial charge in [-0.25, -0.2) is 4.79 Å². The summed E-state index contributed by atoms with van der Waals surface area (Å²) in [5.74, 6) is -6.62. The third-order valence-electron chi connectivity index (χ3n) is 4.75. The lowest BCUT2D eigenvalue weighted by atomic mass is 9.54. The first-order chi connectivity index (χ1) is 12.1. The van der Waals surface area contributed by atoms with E-state index in [1.54, 1.807) is 62.3 Å². The normalized spacial score (nSPS) is 16.9. The Morgan fingerprint density at radius 2 is 1.04 bits per heavy atom. The van der Waals surface area contributed by atoms with Gasteiger partial charge in [0.1, 0.15) is 5.41 Å². The van der Waals surface area contributed by atoms with E-state index >= 15 is 0 Å². The van der Waals surface area contributed by atoms with Crippen LogP contribution in [0.3, 0.4) is 0 Å². The second-order valence-electron chi connectivity index (χ2n) is 11.6. The van der Waals surface area contributed by atoms with Crippen molar-refractivity contribution in [2.45, 2.75) is 87.2 Å². The molecule has 7 nitrogen and oxygen atoms in total. The minimum Gasteiger partial charge on any atom is -0.481 e. The molecule has 28 heavy (non-hydrogen) atoms. The highest BCUT2D eigenvalue weighted by Crippen LogP contribution is 2.53. The Morgan fingerprint density at radius 3 is 1.21 bits per heavy atom. The van der Waals surface area contributed by atoms with Gasteiger partial charge in [-0.1, -0.05) is 62.3 Å². The van der Waals surface area contributed by atoms with Gasteiger partial charge < -0.3 is 20.4 Å². The van der Waals surface area contributed by atoms with Crippen LogP contribution in [0.2, 0.25) is 0 Å². The summed E-state index contributed by atoms with van der Waals surface area (Å²) in [7, 11) is 0. The summed E-state index contributed by atoms with van der Waals surface area (Å²) in [4.78, 5) is 37.1. The minimum atomic E-state index is -2.99. The summed E-state index contributed by atoms with van der Waals surface area (Å²) in [5, 5.41) is 41.7. The van der Waals surface area contributed by atoms with Gasteiger partial charge in [-0.2, -0.15) is 0 Å². The number of aliphatic carboxylic acids is 3. The Hall–Kier alpha value is -1.63. The number of hydrogen-bond acceptors (Lipinski definition) is 4. The zero-order valence-electron chi connectivity index (χ0n) is 18.7. The molecule has 2 atom stereocenters. The molecule has 0 spiro atoms. The van der Waals surface area contributed by atoms with Crippen LogP contribution >= 0.6 is 0 Å². The van der Waals surface area contributed by atoms with E-state index in [1.807, 2.05) is 0 Å². The summed E-state index contributed by atoms with van der Waals surface area (Å²) >= 11 is 0. The van der Waals surface area contributed by atoms with Crippen molar-refractivity contribution in [2.75, 3.05) is 0 Å². The highest BCUT2D eigenvalue weighted by molar-refractivity contribution is 5.93. The highest BCUT2D eigenvalue weighted by Gasteiger charge is 2.68. The molecule has 0 aliphatic carbocycles. The van der Waals surface area contributed by atoms with E-state index in [0.29, 0.717) is 0 Å². The Kier molecular flexibility index (Phi) is 7.54. The molecule has 0 aromatic rings. The number of carboxylic acid groups (broad SMARTS) is 3. The first-order valence-corrected chi connectivity index (χ1v) is 9.51. The molecule has 0 aliphatic heterocycles. The average Bonchev–Trinajstić information content (AvgIpc) is 2.38. The molecule has 2 unspecified atom stereocenters. The van der Waals surface area contributed by atoms with Crippen LogP contribution in [0.25, 0.3) is 0 Å². The molecule has 0 saturated carbocycles. The molecule has 0 aromatic carbocycles. The van der Waals surface area contributed by atoms with Gasteiger partial charge in [0.05, 0.1) is 5.92 Å². The van der Waals surface area contributed by atoms with Gasteiger partial charge in [0.15, 0.2) is 5.60 Å². The standard InChI is InChI=1S/C21H38O7/c1-17(2,3)10-13(14(22)23)21(28,16(26)27)20(15(24)25,11-18(4,5)6)12-19(7,8)9/h13,28H,10-12H2,1-9H3,(H,22,23)(H,24,25)(H,26,27).